The van der Waals surface area contributed by atoms with Crippen molar-refractivity contribution in [2.24, 2.45) is 7.05 Å². The molecule has 7 heteroatoms. The van der Waals surface area contributed by atoms with Crippen molar-refractivity contribution in [2.45, 2.75) is 13.8 Å². The monoisotopic (exact) mass is 395 g/mol. The molecule has 2 N–H and O–H groups in total. The van der Waals surface area contributed by atoms with Gasteiger partial charge in [0, 0.05) is 24.6 Å². The lowest BCUT2D eigenvalue weighted by molar-refractivity contribution is -0.117. The van der Waals surface area contributed by atoms with Crippen molar-refractivity contribution in [3.8, 4) is 0 Å². The van der Waals surface area contributed by atoms with E-state index in [9.17, 15) is 9.59 Å². The number of amides is 1. The van der Waals surface area contributed by atoms with Gasteiger partial charge < -0.3 is 15.2 Å². The number of carbonyl (C=O) groups excluding carboxylic acids is 1. The van der Waals surface area contributed by atoms with Gasteiger partial charge in [0.05, 0.1) is 0 Å². The Morgan fingerprint density at radius 2 is 1.87 bits per heavy atom. The summed E-state index contributed by atoms with van der Waals surface area (Å²) in [5.74, 6) is -0.288. The fraction of sp³-hybridized carbons (Fsp3) is 0.188. The average Bonchev–Trinajstić information content (AvgIpc) is 2.45. The van der Waals surface area contributed by atoms with E-state index in [0.29, 0.717) is 5.69 Å². The Bertz CT molecular complexity index is 745. The molecule has 0 aliphatic rings. The normalized spacial score (nSPS) is 9.39. The van der Waals surface area contributed by atoms with E-state index >= 15 is 0 Å². The lowest BCUT2D eigenvalue weighted by Gasteiger charge is -2.09. The molecule has 0 saturated heterocycles. The average molecular weight is 396 g/mol. The quantitative estimate of drug-likeness (QED) is 0.728. The molecule has 1 aromatic heterocycles. The zero-order chi connectivity index (χ0) is 17.4. The molecule has 0 saturated carbocycles. The summed E-state index contributed by atoms with van der Waals surface area (Å²) >= 11 is 8.11. The van der Waals surface area contributed by atoms with Gasteiger partial charge in [-0.1, -0.05) is 35.9 Å². The largest absolute Gasteiger partial charge is 0.328 e. The van der Waals surface area contributed by atoms with Crippen LogP contribution in [0.3, 0.4) is 0 Å². The number of hydrogen-bond donors (Lipinski definition) is 2. The molecule has 1 amide bonds. The number of halogens is 1. The van der Waals surface area contributed by atoms with Gasteiger partial charge in [0.15, 0.2) is 5.11 Å². The maximum atomic E-state index is 11.6. The highest BCUT2D eigenvalue weighted by atomic mass is 79.9. The van der Waals surface area contributed by atoms with Crippen molar-refractivity contribution in [2.75, 3.05) is 5.32 Å². The van der Waals surface area contributed by atoms with Crippen LogP contribution in [0.1, 0.15) is 12.5 Å². The molecule has 1 aromatic carbocycles. The van der Waals surface area contributed by atoms with E-state index in [2.05, 4.69) is 45.6 Å². The molecule has 0 atom stereocenters. The van der Waals surface area contributed by atoms with Crippen LogP contribution >= 0.6 is 28.1 Å². The SMILES string of the molecule is CC(=O)NC(=S)Nc1cc(Br)cn(C)c1=O.Cc1ccccc1. The molecule has 0 spiro atoms. The maximum absolute atomic E-state index is 11.6. The van der Waals surface area contributed by atoms with Gasteiger partial charge in [-0.15, -0.1) is 0 Å². The molecule has 0 bridgehead atoms. The van der Waals surface area contributed by atoms with E-state index in [1.165, 1.54) is 17.1 Å². The second-order valence-corrected chi connectivity index (χ2v) is 6.10. The summed E-state index contributed by atoms with van der Waals surface area (Å²) < 4.78 is 2.14. The Balaban J connectivity index is 0.000000313. The van der Waals surface area contributed by atoms with Gasteiger partial charge in [-0.25, -0.2) is 0 Å². The maximum Gasteiger partial charge on any atom is 0.274 e. The molecular weight excluding hydrogens is 378 g/mol. The number of rotatable bonds is 1. The third-order valence-corrected chi connectivity index (χ3v) is 3.27. The lowest BCUT2D eigenvalue weighted by Crippen LogP contribution is -2.34. The first kappa shape index (κ1) is 19.1. The molecule has 0 aliphatic heterocycles. The molecule has 5 nitrogen and oxygen atoms in total. The Kier molecular flexibility index (Phi) is 7.64. The highest BCUT2D eigenvalue weighted by molar-refractivity contribution is 9.10. The molecule has 2 rings (SSSR count). The fourth-order valence-electron chi connectivity index (χ4n) is 1.61. The number of aryl methyl sites for hydroxylation is 2. The molecule has 0 unspecified atom stereocenters. The van der Waals surface area contributed by atoms with Crippen LogP contribution in [0.25, 0.3) is 0 Å². The predicted octanol–water partition coefficient (Wildman–Crippen LogP) is 2.98. The van der Waals surface area contributed by atoms with E-state index in [4.69, 9.17) is 12.2 Å². The number of pyridine rings is 1. The summed E-state index contributed by atoms with van der Waals surface area (Å²) in [6.45, 7) is 3.42. The Morgan fingerprint density at radius 1 is 1.26 bits per heavy atom. The first-order valence-corrected chi connectivity index (χ1v) is 7.96. The van der Waals surface area contributed by atoms with Crippen LogP contribution in [0.15, 0.2) is 51.9 Å². The summed E-state index contributed by atoms with van der Waals surface area (Å²) in [4.78, 5) is 22.4. The van der Waals surface area contributed by atoms with Crippen molar-refractivity contribution in [3.63, 3.8) is 0 Å². The van der Waals surface area contributed by atoms with Gasteiger partial charge in [-0.3, -0.25) is 9.59 Å². The van der Waals surface area contributed by atoms with Crippen molar-refractivity contribution in [1.82, 2.24) is 9.88 Å². The van der Waals surface area contributed by atoms with Gasteiger partial charge in [-0.05, 0) is 41.1 Å². The van der Waals surface area contributed by atoms with Crippen LogP contribution in [0.5, 0.6) is 0 Å². The third kappa shape index (κ3) is 7.21. The molecule has 0 fully saturated rings. The van der Waals surface area contributed by atoms with E-state index in [-0.39, 0.29) is 16.6 Å². The van der Waals surface area contributed by atoms with Crippen LogP contribution in [0.2, 0.25) is 0 Å². The highest BCUT2D eigenvalue weighted by Crippen LogP contribution is 2.11. The van der Waals surface area contributed by atoms with Crippen LogP contribution in [-0.4, -0.2) is 15.6 Å². The summed E-state index contributed by atoms with van der Waals surface area (Å²) in [7, 11) is 1.62. The van der Waals surface area contributed by atoms with Gasteiger partial charge in [0.25, 0.3) is 5.56 Å². The van der Waals surface area contributed by atoms with Gasteiger partial charge in [-0.2, -0.15) is 0 Å². The van der Waals surface area contributed by atoms with Gasteiger partial charge >= 0.3 is 0 Å². The Hall–Kier alpha value is -1.99. The molecule has 1 heterocycles. The number of nitrogens with one attached hydrogen (secondary N) is 2. The zero-order valence-corrected chi connectivity index (χ0v) is 15.5. The van der Waals surface area contributed by atoms with Crippen molar-refractivity contribution in [1.29, 1.82) is 0 Å². The third-order valence-electron chi connectivity index (χ3n) is 2.63. The number of benzene rings is 1. The Morgan fingerprint density at radius 3 is 2.35 bits per heavy atom. The van der Waals surface area contributed by atoms with Crippen molar-refractivity contribution >= 4 is 44.9 Å². The lowest BCUT2D eigenvalue weighted by atomic mass is 10.2. The number of anilines is 1. The topological polar surface area (TPSA) is 63.1 Å². The number of thiocarbonyl (C=S) groups is 1. The van der Waals surface area contributed by atoms with Crippen LogP contribution in [0, 0.1) is 6.92 Å². The van der Waals surface area contributed by atoms with E-state index in [1.807, 2.05) is 18.2 Å². The molecule has 2 aromatic rings. The standard InChI is InChI=1S/C9H10BrN3O2S.C7H8/c1-5(14)11-9(16)12-7-3-6(10)4-13(2)8(7)15;1-7-5-3-2-4-6-7/h3-4H,1-2H3,(H2,11,12,14,16);2-6H,1H3. The molecule has 0 aliphatic carbocycles. The first-order chi connectivity index (χ1) is 10.8. The molecule has 122 valence electrons. The zero-order valence-electron chi connectivity index (χ0n) is 13.1. The fourth-order valence-corrected chi connectivity index (χ4v) is 2.40. The van der Waals surface area contributed by atoms with Gasteiger partial charge in [0.1, 0.15) is 5.69 Å². The predicted molar refractivity (Wildman–Crippen MR) is 101 cm³/mol. The second kappa shape index (κ2) is 9.22. The summed E-state index contributed by atoms with van der Waals surface area (Å²) in [5.41, 5.74) is 1.40. The molecule has 0 radical (unpaired) electrons. The van der Waals surface area contributed by atoms with E-state index in [1.54, 1.807) is 19.3 Å². The number of hydrogen-bond acceptors (Lipinski definition) is 3. The number of carbonyl (C=O) groups is 1. The van der Waals surface area contributed by atoms with Crippen LogP contribution < -0.4 is 16.2 Å². The van der Waals surface area contributed by atoms with Crippen molar-refractivity contribution < 1.29 is 4.79 Å². The van der Waals surface area contributed by atoms with E-state index in [0.717, 1.165) is 4.47 Å². The smallest absolute Gasteiger partial charge is 0.274 e. The minimum atomic E-state index is -0.288. The van der Waals surface area contributed by atoms with Crippen LogP contribution in [0.4, 0.5) is 5.69 Å². The minimum Gasteiger partial charge on any atom is -0.328 e. The van der Waals surface area contributed by atoms with Crippen LogP contribution in [-0.2, 0) is 11.8 Å². The number of nitrogens with zero attached hydrogens (tertiary/aromatic N) is 1. The van der Waals surface area contributed by atoms with Gasteiger partial charge in [0.2, 0.25) is 5.91 Å². The number of aromatic nitrogens is 1. The molecular formula is C16H18BrN3O2S. The van der Waals surface area contributed by atoms with E-state index < -0.39 is 0 Å². The van der Waals surface area contributed by atoms with Crippen molar-refractivity contribution in [3.05, 3.63) is 63.0 Å². The molecule has 23 heavy (non-hydrogen) atoms. The minimum absolute atomic E-state index is 0.0997. The highest BCUT2D eigenvalue weighted by Gasteiger charge is 2.06. The summed E-state index contributed by atoms with van der Waals surface area (Å²) in [6, 6.07) is 11.9. The second-order valence-electron chi connectivity index (χ2n) is 4.78. The first-order valence-electron chi connectivity index (χ1n) is 6.76. The summed E-state index contributed by atoms with van der Waals surface area (Å²) in [6.07, 6.45) is 1.63. The summed E-state index contributed by atoms with van der Waals surface area (Å²) in [5, 5.41) is 5.13. The Labute approximate surface area is 148 Å².